The Balaban J connectivity index is 1.35. The molecule has 2 aromatic carbocycles. The number of nitrogens with zero attached hydrogens (tertiary/aromatic N) is 2. The number of aromatic nitrogens is 1. The Morgan fingerprint density at radius 1 is 1.06 bits per heavy atom. The van der Waals surface area contributed by atoms with Crippen molar-refractivity contribution < 1.29 is 17.6 Å². The van der Waals surface area contributed by atoms with Crippen LogP contribution in [0.2, 0.25) is 0 Å². The number of nitrogens with one attached hydrogen (secondary N) is 1. The third-order valence-corrected chi connectivity index (χ3v) is 7.33. The van der Waals surface area contributed by atoms with Crippen molar-refractivity contribution in [1.29, 1.82) is 0 Å². The Morgan fingerprint density at radius 3 is 2.72 bits per heavy atom. The predicted molar refractivity (Wildman–Crippen MR) is 123 cm³/mol. The van der Waals surface area contributed by atoms with Gasteiger partial charge in [-0.25, -0.2) is 13.4 Å². The van der Waals surface area contributed by atoms with Gasteiger partial charge in [0.05, 0.1) is 28.8 Å². The molecule has 5 rings (SSSR count). The van der Waals surface area contributed by atoms with E-state index in [2.05, 4.69) is 10.3 Å². The minimum absolute atomic E-state index is 0.00652. The van der Waals surface area contributed by atoms with Crippen molar-refractivity contribution >= 4 is 32.5 Å². The number of hydrogen-bond donors (Lipinski definition) is 1. The van der Waals surface area contributed by atoms with Gasteiger partial charge in [-0.1, -0.05) is 36.4 Å². The molecule has 0 atom stereocenters. The molecule has 2 aromatic heterocycles. The Morgan fingerprint density at radius 2 is 1.88 bits per heavy atom. The first kappa shape index (κ1) is 20.3. The van der Waals surface area contributed by atoms with E-state index in [1.807, 2.05) is 48.5 Å². The van der Waals surface area contributed by atoms with Gasteiger partial charge in [0.2, 0.25) is 10.0 Å². The molecule has 1 N–H and O–H groups in total. The van der Waals surface area contributed by atoms with E-state index < -0.39 is 10.0 Å². The standard InChI is InChI=1S/C24H21N3O4S/c28-24(25-12-15-32(29,30)27-13-11-17-6-1-4-9-22(17)27)19-16-21(23-10-5-14-31-23)26-20-8-3-2-7-18(19)20/h1-10,14,16H,11-13,15H2,(H,25,28). The van der Waals surface area contributed by atoms with Crippen LogP contribution in [-0.2, 0) is 16.4 Å². The van der Waals surface area contributed by atoms with Crippen molar-refractivity contribution in [2.24, 2.45) is 0 Å². The number of fused-ring (bicyclic) bond motifs is 2. The highest BCUT2D eigenvalue weighted by Crippen LogP contribution is 2.30. The minimum Gasteiger partial charge on any atom is -0.463 e. The van der Waals surface area contributed by atoms with E-state index in [1.165, 1.54) is 4.31 Å². The topological polar surface area (TPSA) is 92.5 Å². The number of sulfonamides is 1. The maximum Gasteiger partial charge on any atom is 0.252 e. The van der Waals surface area contributed by atoms with Gasteiger partial charge in [-0.3, -0.25) is 9.10 Å². The Hall–Kier alpha value is -3.65. The molecule has 0 unspecified atom stereocenters. The fourth-order valence-corrected chi connectivity index (χ4v) is 5.44. The lowest BCUT2D eigenvalue weighted by Crippen LogP contribution is -2.37. The summed E-state index contributed by atoms with van der Waals surface area (Å²) in [5.74, 6) is 0.0229. The number of carbonyl (C=O) groups excluding carboxylic acids is 1. The van der Waals surface area contributed by atoms with Gasteiger partial charge < -0.3 is 9.73 Å². The van der Waals surface area contributed by atoms with Crippen molar-refractivity contribution in [3.05, 3.63) is 84.1 Å². The number of pyridine rings is 1. The molecular weight excluding hydrogens is 426 g/mol. The Labute approximate surface area is 185 Å². The van der Waals surface area contributed by atoms with Gasteiger partial charge >= 0.3 is 0 Å². The van der Waals surface area contributed by atoms with Crippen LogP contribution in [0.15, 0.2) is 77.4 Å². The van der Waals surface area contributed by atoms with Gasteiger partial charge in [-0.2, -0.15) is 0 Å². The summed E-state index contributed by atoms with van der Waals surface area (Å²) < 4.78 is 32.6. The zero-order valence-corrected chi connectivity index (χ0v) is 18.0. The first-order valence-electron chi connectivity index (χ1n) is 10.3. The van der Waals surface area contributed by atoms with Crippen LogP contribution in [0.4, 0.5) is 5.69 Å². The number of benzene rings is 2. The van der Waals surface area contributed by atoms with Crippen molar-refractivity contribution in [3.8, 4) is 11.5 Å². The van der Waals surface area contributed by atoms with Gasteiger partial charge in [0.1, 0.15) is 5.69 Å². The number of hydrogen-bond acceptors (Lipinski definition) is 5. The van der Waals surface area contributed by atoms with Crippen molar-refractivity contribution in [2.45, 2.75) is 6.42 Å². The molecule has 0 radical (unpaired) electrons. The summed E-state index contributed by atoms with van der Waals surface area (Å²) in [6.45, 7) is 0.434. The van der Waals surface area contributed by atoms with Gasteiger partial charge in [0.15, 0.2) is 5.76 Å². The number of amides is 1. The molecule has 0 fully saturated rings. The van der Waals surface area contributed by atoms with Crippen LogP contribution in [-0.4, -0.2) is 38.2 Å². The second kappa shape index (κ2) is 8.12. The van der Waals surface area contributed by atoms with E-state index in [-0.39, 0.29) is 18.2 Å². The van der Waals surface area contributed by atoms with Crippen LogP contribution >= 0.6 is 0 Å². The number of para-hydroxylation sites is 2. The fraction of sp³-hybridized carbons (Fsp3) is 0.167. The highest BCUT2D eigenvalue weighted by molar-refractivity contribution is 7.92. The molecule has 0 spiro atoms. The van der Waals surface area contributed by atoms with E-state index in [1.54, 1.807) is 24.5 Å². The van der Waals surface area contributed by atoms with Crippen LogP contribution < -0.4 is 9.62 Å². The molecule has 32 heavy (non-hydrogen) atoms. The van der Waals surface area contributed by atoms with E-state index in [0.717, 1.165) is 11.3 Å². The van der Waals surface area contributed by atoms with Crippen LogP contribution in [0, 0.1) is 0 Å². The van der Waals surface area contributed by atoms with Crippen molar-refractivity contribution in [3.63, 3.8) is 0 Å². The molecule has 162 valence electrons. The number of carbonyl (C=O) groups is 1. The van der Waals surface area contributed by atoms with Crippen molar-refractivity contribution in [2.75, 3.05) is 23.1 Å². The summed E-state index contributed by atoms with van der Waals surface area (Å²) in [6.07, 6.45) is 2.24. The summed E-state index contributed by atoms with van der Waals surface area (Å²) in [5.41, 5.74) is 3.37. The molecule has 0 aliphatic carbocycles. The monoisotopic (exact) mass is 447 g/mol. The number of anilines is 1. The fourth-order valence-electron chi connectivity index (χ4n) is 4.01. The third kappa shape index (κ3) is 3.73. The van der Waals surface area contributed by atoms with Crippen LogP contribution in [0.1, 0.15) is 15.9 Å². The average Bonchev–Trinajstić information content (AvgIpc) is 3.48. The third-order valence-electron chi connectivity index (χ3n) is 5.56. The smallest absolute Gasteiger partial charge is 0.252 e. The SMILES string of the molecule is O=C(NCCS(=O)(=O)N1CCc2ccccc21)c1cc(-c2ccco2)nc2ccccc12. The predicted octanol–water partition coefficient (Wildman–Crippen LogP) is 3.62. The summed E-state index contributed by atoms with van der Waals surface area (Å²) >= 11 is 0. The molecule has 0 bridgehead atoms. The molecule has 1 amide bonds. The summed E-state index contributed by atoms with van der Waals surface area (Å²) in [4.78, 5) is 17.6. The number of furan rings is 1. The largest absolute Gasteiger partial charge is 0.463 e. The second-order valence-electron chi connectivity index (χ2n) is 7.57. The zero-order chi connectivity index (χ0) is 22.1. The lowest BCUT2D eigenvalue weighted by molar-refractivity contribution is 0.0957. The molecular formula is C24H21N3O4S. The lowest BCUT2D eigenvalue weighted by atomic mass is 10.1. The quantitative estimate of drug-likeness (QED) is 0.487. The first-order valence-corrected chi connectivity index (χ1v) is 11.9. The summed E-state index contributed by atoms with van der Waals surface area (Å²) in [7, 11) is -3.55. The highest BCUT2D eigenvalue weighted by Gasteiger charge is 2.28. The lowest BCUT2D eigenvalue weighted by Gasteiger charge is -2.19. The van der Waals surface area contributed by atoms with Crippen LogP contribution in [0.3, 0.4) is 0 Å². The van der Waals surface area contributed by atoms with Gasteiger partial charge in [-0.05, 0) is 42.3 Å². The second-order valence-corrected chi connectivity index (χ2v) is 9.59. The van der Waals surface area contributed by atoms with Crippen LogP contribution in [0.25, 0.3) is 22.4 Å². The molecule has 0 saturated heterocycles. The van der Waals surface area contributed by atoms with E-state index in [4.69, 9.17) is 4.42 Å². The molecule has 3 heterocycles. The Bertz CT molecular complexity index is 1400. The van der Waals surface area contributed by atoms with E-state index >= 15 is 0 Å². The summed E-state index contributed by atoms with van der Waals surface area (Å²) in [5, 5.41) is 3.46. The maximum atomic E-state index is 13.0. The van der Waals surface area contributed by atoms with Crippen LogP contribution in [0.5, 0.6) is 0 Å². The zero-order valence-electron chi connectivity index (χ0n) is 17.2. The van der Waals surface area contributed by atoms with E-state index in [9.17, 15) is 13.2 Å². The van der Waals surface area contributed by atoms with Gasteiger partial charge in [0, 0.05) is 18.5 Å². The maximum absolute atomic E-state index is 13.0. The normalized spacial score (nSPS) is 13.3. The summed E-state index contributed by atoms with van der Waals surface area (Å²) in [6, 6.07) is 20.0. The van der Waals surface area contributed by atoms with Gasteiger partial charge in [-0.15, -0.1) is 0 Å². The molecule has 1 aliphatic rings. The molecule has 1 aliphatic heterocycles. The minimum atomic E-state index is -3.55. The molecule has 8 heteroatoms. The highest BCUT2D eigenvalue weighted by atomic mass is 32.2. The molecule has 4 aromatic rings. The molecule has 0 saturated carbocycles. The molecule has 7 nitrogen and oxygen atoms in total. The number of rotatable bonds is 6. The first-order chi connectivity index (χ1) is 15.5. The Kier molecular flexibility index (Phi) is 5.14. The average molecular weight is 448 g/mol. The van der Waals surface area contributed by atoms with Crippen molar-refractivity contribution in [1.82, 2.24) is 10.3 Å². The van der Waals surface area contributed by atoms with Gasteiger partial charge in [0.25, 0.3) is 5.91 Å². The van der Waals surface area contributed by atoms with E-state index in [0.29, 0.717) is 40.9 Å².